The van der Waals surface area contributed by atoms with Gasteiger partial charge in [0, 0.05) is 30.2 Å². The van der Waals surface area contributed by atoms with Gasteiger partial charge in [-0.15, -0.1) is 11.3 Å². The summed E-state index contributed by atoms with van der Waals surface area (Å²) in [6.07, 6.45) is 3.87. The molecule has 1 amide bonds. The average molecular weight is 409 g/mol. The maximum absolute atomic E-state index is 12.8. The summed E-state index contributed by atoms with van der Waals surface area (Å²) in [6.45, 7) is 4.41. The van der Waals surface area contributed by atoms with E-state index in [9.17, 15) is 4.79 Å². The highest BCUT2D eigenvalue weighted by atomic mass is 35.5. The molecule has 1 unspecified atom stereocenters. The lowest BCUT2D eigenvalue weighted by atomic mass is 10.1. The highest BCUT2D eigenvalue weighted by Crippen LogP contribution is 2.31. The van der Waals surface area contributed by atoms with Crippen molar-refractivity contribution in [2.45, 2.75) is 31.7 Å². The molecular formula is C19H25ClN4O2S. The molecule has 0 aromatic carbocycles. The van der Waals surface area contributed by atoms with Gasteiger partial charge in [0.2, 0.25) is 5.91 Å². The predicted molar refractivity (Wildman–Crippen MR) is 106 cm³/mol. The summed E-state index contributed by atoms with van der Waals surface area (Å²) in [7, 11) is 0. The summed E-state index contributed by atoms with van der Waals surface area (Å²) in [5.41, 5.74) is 2.10. The standard InChI is InChI=1S/C19H25ClN4O2S/c20-18-6-5-15(27-18)4-3-14-12-16(22-21-14)17-2-1-7-24(17)19(25)13-23-8-10-26-11-9-23/h5-6,12,17H,1-4,7-11,13H2,(H,21,22). The number of morpholine rings is 1. The molecule has 8 heteroatoms. The Morgan fingerprint density at radius 3 is 2.93 bits per heavy atom. The number of nitrogens with zero attached hydrogens (tertiary/aromatic N) is 3. The number of thiophene rings is 1. The van der Waals surface area contributed by atoms with Crippen molar-refractivity contribution in [3.63, 3.8) is 0 Å². The number of H-pyrrole nitrogens is 1. The minimum absolute atomic E-state index is 0.0970. The van der Waals surface area contributed by atoms with Gasteiger partial charge in [0.25, 0.3) is 0 Å². The molecule has 2 saturated heterocycles. The van der Waals surface area contributed by atoms with Crippen LogP contribution in [-0.4, -0.2) is 65.3 Å². The molecule has 2 aromatic rings. The molecule has 27 heavy (non-hydrogen) atoms. The fourth-order valence-electron chi connectivity index (χ4n) is 3.84. The third-order valence-corrected chi connectivity index (χ3v) is 6.59. The third-order valence-electron chi connectivity index (χ3n) is 5.30. The van der Waals surface area contributed by atoms with Crippen molar-refractivity contribution < 1.29 is 9.53 Å². The number of aromatic amines is 1. The molecule has 0 spiro atoms. The highest BCUT2D eigenvalue weighted by Gasteiger charge is 2.32. The zero-order chi connectivity index (χ0) is 18.6. The number of rotatable bonds is 6. The van der Waals surface area contributed by atoms with Gasteiger partial charge in [0.15, 0.2) is 0 Å². The van der Waals surface area contributed by atoms with Gasteiger partial charge < -0.3 is 9.64 Å². The van der Waals surface area contributed by atoms with Crippen LogP contribution in [0.1, 0.15) is 35.1 Å². The van der Waals surface area contributed by atoms with E-state index >= 15 is 0 Å². The van der Waals surface area contributed by atoms with Crippen LogP contribution < -0.4 is 0 Å². The number of halogens is 1. The molecule has 1 atom stereocenters. The lowest BCUT2D eigenvalue weighted by Gasteiger charge is -2.30. The molecule has 146 valence electrons. The quantitative estimate of drug-likeness (QED) is 0.798. The Labute approximate surface area is 168 Å². The second-order valence-electron chi connectivity index (χ2n) is 7.16. The number of ether oxygens (including phenoxy) is 1. The van der Waals surface area contributed by atoms with Crippen molar-refractivity contribution in [3.8, 4) is 0 Å². The van der Waals surface area contributed by atoms with E-state index in [1.165, 1.54) is 4.88 Å². The third kappa shape index (κ3) is 4.71. The lowest BCUT2D eigenvalue weighted by molar-refractivity contribution is -0.134. The second-order valence-corrected chi connectivity index (χ2v) is 8.96. The number of nitrogens with one attached hydrogen (secondary N) is 1. The summed E-state index contributed by atoms with van der Waals surface area (Å²) in [4.78, 5) is 18.3. The van der Waals surface area contributed by atoms with Crippen molar-refractivity contribution in [3.05, 3.63) is 38.8 Å². The van der Waals surface area contributed by atoms with Gasteiger partial charge in [-0.25, -0.2) is 0 Å². The molecule has 0 aliphatic carbocycles. The number of hydrogen-bond acceptors (Lipinski definition) is 5. The summed E-state index contributed by atoms with van der Waals surface area (Å²) in [5, 5.41) is 7.68. The first-order valence-corrected chi connectivity index (χ1v) is 10.8. The van der Waals surface area contributed by atoms with Crippen molar-refractivity contribution in [2.75, 3.05) is 39.4 Å². The average Bonchev–Trinajstić information content (AvgIpc) is 3.41. The highest BCUT2D eigenvalue weighted by molar-refractivity contribution is 7.16. The topological polar surface area (TPSA) is 61.5 Å². The summed E-state index contributed by atoms with van der Waals surface area (Å²) in [5.74, 6) is 0.206. The molecule has 4 heterocycles. The molecule has 0 radical (unpaired) electrons. The number of hydrogen-bond donors (Lipinski definition) is 1. The van der Waals surface area contributed by atoms with Crippen molar-refractivity contribution >= 4 is 28.8 Å². The fraction of sp³-hybridized carbons (Fsp3) is 0.579. The van der Waals surface area contributed by atoms with E-state index in [0.29, 0.717) is 6.54 Å². The van der Waals surface area contributed by atoms with Crippen LogP contribution in [0.4, 0.5) is 0 Å². The number of carbonyl (C=O) groups excluding carboxylic acids is 1. The van der Waals surface area contributed by atoms with E-state index in [1.807, 2.05) is 11.0 Å². The van der Waals surface area contributed by atoms with Gasteiger partial charge in [-0.05, 0) is 43.9 Å². The summed E-state index contributed by atoms with van der Waals surface area (Å²) < 4.78 is 6.20. The zero-order valence-electron chi connectivity index (χ0n) is 15.3. The molecule has 4 rings (SSSR count). The SMILES string of the molecule is O=C(CN1CCOCC1)N1CCCC1c1cc(CCc2ccc(Cl)s2)[nH]n1. The van der Waals surface area contributed by atoms with Gasteiger partial charge in [0.1, 0.15) is 0 Å². The predicted octanol–water partition coefficient (Wildman–Crippen LogP) is 2.91. The zero-order valence-corrected chi connectivity index (χ0v) is 16.9. The number of amides is 1. The van der Waals surface area contributed by atoms with E-state index in [1.54, 1.807) is 11.3 Å². The number of likely N-dealkylation sites (tertiary alicyclic amines) is 1. The van der Waals surface area contributed by atoms with Crippen molar-refractivity contribution in [2.24, 2.45) is 0 Å². The van der Waals surface area contributed by atoms with Crippen LogP contribution >= 0.6 is 22.9 Å². The second kappa shape index (κ2) is 8.73. The minimum Gasteiger partial charge on any atom is -0.379 e. The van der Waals surface area contributed by atoms with Gasteiger partial charge in [-0.2, -0.15) is 5.10 Å². The molecular weight excluding hydrogens is 384 g/mol. The molecule has 0 saturated carbocycles. The monoisotopic (exact) mass is 408 g/mol. The fourth-order valence-corrected chi connectivity index (χ4v) is 4.92. The molecule has 6 nitrogen and oxygen atoms in total. The van der Waals surface area contributed by atoms with Crippen LogP contribution in [0, 0.1) is 0 Å². The molecule has 2 aliphatic heterocycles. The van der Waals surface area contributed by atoms with Crippen LogP contribution in [0.25, 0.3) is 0 Å². The molecule has 0 bridgehead atoms. The van der Waals surface area contributed by atoms with E-state index in [0.717, 1.165) is 74.3 Å². The van der Waals surface area contributed by atoms with Crippen LogP contribution in [0.3, 0.4) is 0 Å². The lowest BCUT2D eigenvalue weighted by Crippen LogP contribution is -2.44. The van der Waals surface area contributed by atoms with Crippen molar-refractivity contribution in [1.29, 1.82) is 0 Å². The first kappa shape index (κ1) is 18.9. The van der Waals surface area contributed by atoms with Gasteiger partial charge in [-0.1, -0.05) is 11.6 Å². The first-order chi connectivity index (χ1) is 13.2. The number of aryl methyl sites for hydroxylation is 2. The Balaban J connectivity index is 1.35. The Hall–Kier alpha value is -1.41. The smallest absolute Gasteiger partial charge is 0.237 e. The Bertz CT molecular complexity index is 771. The van der Waals surface area contributed by atoms with Gasteiger partial charge in [-0.3, -0.25) is 14.8 Å². The summed E-state index contributed by atoms with van der Waals surface area (Å²) in [6, 6.07) is 6.24. The van der Waals surface area contributed by atoms with Crippen LogP contribution in [0.5, 0.6) is 0 Å². The van der Waals surface area contributed by atoms with Crippen LogP contribution in [-0.2, 0) is 22.4 Å². The van der Waals surface area contributed by atoms with Crippen LogP contribution in [0.15, 0.2) is 18.2 Å². The van der Waals surface area contributed by atoms with E-state index in [4.69, 9.17) is 16.3 Å². The minimum atomic E-state index is 0.0970. The van der Waals surface area contributed by atoms with E-state index in [2.05, 4.69) is 27.2 Å². The summed E-state index contributed by atoms with van der Waals surface area (Å²) >= 11 is 7.62. The molecule has 2 aliphatic rings. The normalized spacial score (nSPS) is 21.1. The Morgan fingerprint density at radius 2 is 2.15 bits per heavy atom. The molecule has 2 fully saturated rings. The maximum Gasteiger partial charge on any atom is 0.237 e. The number of aromatic nitrogens is 2. The van der Waals surface area contributed by atoms with E-state index < -0.39 is 0 Å². The van der Waals surface area contributed by atoms with Crippen molar-refractivity contribution in [1.82, 2.24) is 20.0 Å². The Morgan fingerprint density at radius 1 is 1.30 bits per heavy atom. The number of carbonyl (C=O) groups is 1. The molecule has 2 aromatic heterocycles. The maximum atomic E-state index is 12.8. The largest absolute Gasteiger partial charge is 0.379 e. The van der Waals surface area contributed by atoms with Crippen LogP contribution in [0.2, 0.25) is 4.34 Å². The Kier molecular flexibility index (Phi) is 6.12. The first-order valence-electron chi connectivity index (χ1n) is 9.57. The van der Waals surface area contributed by atoms with Gasteiger partial charge >= 0.3 is 0 Å². The molecule has 1 N–H and O–H groups in total. The van der Waals surface area contributed by atoms with E-state index in [-0.39, 0.29) is 11.9 Å². The van der Waals surface area contributed by atoms with Gasteiger partial charge in [0.05, 0.1) is 35.8 Å².